The molecule has 9 heteroatoms. The molecule has 0 fully saturated rings. The van der Waals surface area contributed by atoms with Gasteiger partial charge in [0.05, 0.1) is 21.6 Å². The van der Waals surface area contributed by atoms with Crippen molar-refractivity contribution >= 4 is 34.8 Å². The fourth-order valence-electron chi connectivity index (χ4n) is 3.57. The number of carbonyl (C=O) groups excluding carboxylic acids is 1. The predicted molar refractivity (Wildman–Crippen MR) is 121 cm³/mol. The van der Waals surface area contributed by atoms with Crippen molar-refractivity contribution in [2.24, 2.45) is 4.99 Å². The molecular weight excluding hydrogens is 430 g/mol. The van der Waals surface area contributed by atoms with Crippen molar-refractivity contribution in [3.05, 3.63) is 101 Å². The molecule has 8 nitrogen and oxygen atoms in total. The number of non-ortho nitro benzene ring substituents is 1. The van der Waals surface area contributed by atoms with Crippen LogP contribution in [0.4, 0.5) is 5.69 Å². The Hall–Kier alpha value is -3.85. The van der Waals surface area contributed by atoms with E-state index in [4.69, 9.17) is 9.73 Å². The van der Waals surface area contributed by atoms with Crippen LogP contribution in [0, 0.1) is 10.1 Å². The number of rotatable bonds is 5. The molecule has 0 saturated heterocycles. The van der Waals surface area contributed by atoms with Crippen molar-refractivity contribution in [3.63, 3.8) is 0 Å². The van der Waals surface area contributed by atoms with Gasteiger partial charge in [-0.2, -0.15) is 0 Å². The van der Waals surface area contributed by atoms with Gasteiger partial charge in [-0.3, -0.25) is 19.5 Å². The molecule has 0 unspecified atom stereocenters. The maximum Gasteiger partial charge on any atom is 0.338 e. The monoisotopic (exact) mass is 449 g/mol. The van der Waals surface area contributed by atoms with Gasteiger partial charge in [-0.15, -0.1) is 0 Å². The number of nitro benzene ring substituents is 1. The molecule has 1 atom stereocenters. The summed E-state index contributed by atoms with van der Waals surface area (Å²) in [4.78, 5) is 41.7. The van der Waals surface area contributed by atoms with E-state index in [0.29, 0.717) is 26.2 Å². The van der Waals surface area contributed by atoms with Gasteiger partial charge in [0.2, 0.25) is 0 Å². The summed E-state index contributed by atoms with van der Waals surface area (Å²) in [6.45, 7) is 3.62. The largest absolute Gasteiger partial charge is 0.463 e. The Bertz CT molecular complexity index is 1420. The number of hydrogen-bond acceptors (Lipinski definition) is 7. The van der Waals surface area contributed by atoms with Gasteiger partial charge in [-0.25, -0.2) is 9.79 Å². The first-order chi connectivity index (χ1) is 15.4. The van der Waals surface area contributed by atoms with E-state index < -0.39 is 16.9 Å². The Morgan fingerprint density at radius 1 is 1.25 bits per heavy atom. The SMILES string of the molecule is CCOC(=O)C1=C(C)n2c(s/c(=C/c3cccc([N+](=O)[O-])c3)c2=O)=N[C@@H]1c1ccccc1. The van der Waals surface area contributed by atoms with E-state index in [1.54, 1.807) is 32.1 Å². The van der Waals surface area contributed by atoms with Gasteiger partial charge in [-0.1, -0.05) is 53.8 Å². The molecule has 0 radical (unpaired) electrons. The number of ether oxygens (including phenoxy) is 1. The van der Waals surface area contributed by atoms with Gasteiger partial charge < -0.3 is 4.74 Å². The molecule has 1 aliphatic rings. The fourth-order valence-corrected chi connectivity index (χ4v) is 4.61. The average molecular weight is 449 g/mol. The summed E-state index contributed by atoms with van der Waals surface area (Å²) in [6, 6.07) is 14.8. The van der Waals surface area contributed by atoms with Crippen LogP contribution in [-0.4, -0.2) is 22.1 Å². The standard InChI is InChI=1S/C23H19N3O5S/c1-3-31-22(28)19-14(2)25-21(27)18(13-15-8-7-11-17(12-15)26(29)30)32-23(25)24-20(19)16-9-5-4-6-10-16/h4-13,20H,3H2,1-2H3/b18-13+/t20-/m1/s1. The van der Waals surface area contributed by atoms with Crippen molar-refractivity contribution in [1.82, 2.24) is 4.57 Å². The number of fused-ring (bicyclic) bond motifs is 1. The number of nitrogens with zero attached hydrogens (tertiary/aromatic N) is 3. The highest BCUT2D eigenvalue weighted by molar-refractivity contribution is 7.07. The molecule has 2 aromatic carbocycles. The van der Waals surface area contributed by atoms with E-state index in [1.807, 2.05) is 30.3 Å². The first kappa shape index (κ1) is 21.4. The molecule has 3 aromatic rings. The lowest BCUT2D eigenvalue weighted by atomic mass is 9.97. The van der Waals surface area contributed by atoms with E-state index in [0.717, 1.165) is 5.56 Å². The number of aromatic nitrogens is 1. The van der Waals surface area contributed by atoms with Crippen LogP contribution in [0.15, 0.2) is 70.0 Å². The van der Waals surface area contributed by atoms with Gasteiger partial charge in [-0.05, 0) is 31.1 Å². The molecule has 0 amide bonds. The molecule has 1 aliphatic heterocycles. The smallest absolute Gasteiger partial charge is 0.338 e. The van der Waals surface area contributed by atoms with Gasteiger partial charge >= 0.3 is 5.97 Å². The van der Waals surface area contributed by atoms with Crippen LogP contribution in [0.1, 0.15) is 31.0 Å². The number of hydrogen-bond donors (Lipinski definition) is 0. The predicted octanol–water partition coefficient (Wildman–Crippen LogP) is 2.82. The summed E-state index contributed by atoms with van der Waals surface area (Å²) in [7, 11) is 0. The zero-order valence-electron chi connectivity index (χ0n) is 17.3. The zero-order valence-corrected chi connectivity index (χ0v) is 18.2. The third kappa shape index (κ3) is 3.90. The Kier molecular flexibility index (Phi) is 5.83. The number of benzene rings is 2. The third-order valence-corrected chi connectivity index (χ3v) is 6.02. The Balaban J connectivity index is 1.93. The Morgan fingerprint density at radius 3 is 2.69 bits per heavy atom. The number of thiazole rings is 1. The van der Waals surface area contributed by atoms with Crippen LogP contribution in [-0.2, 0) is 9.53 Å². The van der Waals surface area contributed by atoms with Crippen molar-refractivity contribution in [1.29, 1.82) is 0 Å². The number of nitro groups is 1. The van der Waals surface area contributed by atoms with E-state index in [9.17, 15) is 19.7 Å². The van der Waals surface area contributed by atoms with E-state index in [2.05, 4.69) is 0 Å². The van der Waals surface area contributed by atoms with Crippen LogP contribution >= 0.6 is 11.3 Å². The molecule has 162 valence electrons. The van der Waals surface area contributed by atoms with E-state index in [1.165, 1.54) is 28.0 Å². The van der Waals surface area contributed by atoms with Gasteiger partial charge in [0, 0.05) is 17.8 Å². The minimum atomic E-state index is -0.598. The average Bonchev–Trinajstić information content (AvgIpc) is 3.09. The summed E-state index contributed by atoms with van der Waals surface area (Å²) in [6.07, 6.45) is 1.59. The normalized spacial score (nSPS) is 15.8. The quantitative estimate of drug-likeness (QED) is 0.338. The molecule has 0 saturated carbocycles. The lowest BCUT2D eigenvalue weighted by molar-refractivity contribution is -0.384. The Labute approximate surface area is 186 Å². The number of allylic oxidation sites excluding steroid dienone is 1. The van der Waals surface area contributed by atoms with Crippen LogP contribution in [0.2, 0.25) is 0 Å². The van der Waals surface area contributed by atoms with Crippen LogP contribution < -0.4 is 14.9 Å². The molecule has 2 heterocycles. The van der Waals surface area contributed by atoms with Gasteiger partial charge in [0.25, 0.3) is 11.2 Å². The maximum absolute atomic E-state index is 13.2. The van der Waals surface area contributed by atoms with Crippen molar-refractivity contribution in [2.75, 3.05) is 6.61 Å². The van der Waals surface area contributed by atoms with E-state index >= 15 is 0 Å². The van der Waals surface area contributed by atoms with Crippen LogP contribution in [0.3, 0.4) is 0 Å². The van der Waals surface area contributed by atoms with Crippen LogP contribution in [0.25, 0.3) is 11.8 Å². The zero-order chi connectivity index (χ0) is 22.8. The van der Waals surface area contributed by atoms with Gasteiger partial charge in [0.15, 0.2) is 4.80 Å². The highest BCUT2D eigenvalue weighted by atomic mass is 32.1. The molecule has 0 N–H and O–H groups in total. The van der Waals surface area contributed by atoms with Crippen molar-refractivity contribution in [2.45, 2.75) is 19.9 Å². The third-order valence-electron chi connectivity index (χ3n) is 5.03. The Morgan fingerprint density at radius 2 is 2.00 bits per heavy atom. The topological polar surface area (TPSA) is 104 Å². The number of esters is 1. The minimum absolute atomic E-state index is 0.0605. The highest BCUT2D eigenvalue weighted by Crippen LogP contribution is 2.32. The summed E-state index contributed by atoms with van der Waals surface area (Å²) in [5.41, 5.74) is 1.71. The fraction of sp³-hybridized carbons (Fsp3) is 0.174. The molecule has 32 heavy (non-hydrogen) atoms. The van der Waals surface area contributed by atoms with Crippen molar-refractivity contribution in [3.8, 4) is 0 Å². The second-order valence-corrected chi connectivity index (χ2v) is 8.06. The molecular formula is C23H19N3O5S. The first-order valence-corrected chi connectivity index (χ1v) is 10.7. The van der Waals surface area contributed by atoms with Crippen molar-refractivity contribution < 1.29 is 14.5 Å². The molecule has 0 spiro atoms. The van der Waals surface area contributed by atoms with Crippen LogP contribution in [0.5, 0.6) is 0 Å². The van der Waals surface area contributed by atoms with Gasteiger partial charge in [0.1, 0.15) is 6.04 Å². The highest BCUT2D eigenvalue weighted by Gasteiger charge is 2.31. The number of carbonyl (C=O) groups is 1. The summed E-state index contributed by atoms with van der Waals surface area (Å²) < 4.78 is 7.02. The second kappa shape index (κ2) is 8.72. The maximum atomic E-state index is 13.2. The summed E-state index contributed by atoms with van der Waals surface area (Å²) in [5, 5.41) is 11.1. The minimum Gasteiger partial charge on any atom is -0.463 e. The summed E-state index contributed by atoms with van der Waals surface area (Å²) in [5.74, 6) is -0.518. The molecule has 0 bridgehead atoms. The summed E-state index contributed by atoms with van der Waals surface area (Å²) >= 11 is 1.17. The first-order valence-electron chi connectivity index (χ1n) is 9.89. The molecule has 1 aromatic heterocycles. The van der Waals surface area contributed by atoms with E-state index in [-0.39, 0.29) is 17.9 Å². The lowest BCUT2D eigenvalue weighted by Gasteiger charge is -2.22. The second-order valence-electron chi connectivity index (χ2n) is 7.05. The lowest BCUT2D eigenvalue weighted by Crippen LogP contribution is -2.35. The molecule has 0 aliphatic carbocycles. The molecule has 4 rings (SSSR count).